The van der Waals surface area contributed by atoms with Gasteiger partial charge in [0, 0.05) is 23.4 Å². The number of ether oxygens (including phenoxy) is 5. The Morgan fingerprint density at radius 2 is 1.64 bits per heavy atom. The summed E-state index contributed by atoms with van der Waals surface area (Å²) < 4.78 is 35.4. The van der Waals surface area contributed by atoms with Crippen LogP contribution in [0.3, 0.4) is 0 Å². The number of benzene rings is 2. The minimum Gasteiger partial charge on any atom is -0.493 e. The molecule has 1 saturated heterocycles. The number of thioether (sulfide) groups is 1. The van der Waals surface area contributed by atoms with Crippen molar-refractivity contribution in [3.63, 3.8) is 0 Å². The van der Waals surface area contributed by atoms with Crippen molar-refractivity contribution in [1.29, 1.82) is 0 Å². The number of carbonyl (C=O) groups is 2. The Bertz CT molecular complexity index is 1210. The van der Waals surface area contributed by atoms with Gasteiger partial charge in [-0.2, -0.15) is 0 Å². The summed E-state index contributed by atoms with van der Waals surface area (Å²) in [5.41, 5.74) is 0.0173. The van der Waals surface area contributed by atoms with Crippen LogP contribution in [0.4, 0.5) is 5.69 Å². The number of hydrogen-bond acceptors (Lipinski definition) is 9. The van der Waals surface area contributed by atoms with E-state index in [9.17, 15) is 9.59 Å². The molecule has 0 saturated carbocycles. The van der Waals surface area contributed by atoms with E-state index in [0.717, 1.165) is 23.0 Å². The van der Waals surface area contributed by atoms with Crippen LogP contribution in [-0.2, 0) is 23.4 Å². The van der Waals surface area contributed by atoms with Crippen LogP contribution in [-0.4, -0.2) is 65.3 Å². The molecule has 3 rings (SSSR count). The summed E-state index contributed by atoms with van der Waals surface area (Å²) in [6.45, 7) is 12.1. The van der Waals surface area contributed by atoms with Gasteiger partial charge >= 0.3 is 5.97 Å². The fourth-order valence-corrected chi connectivity index (χ4v) is 8.99. The lowest BCUT2D eigenvalue weighted by Gasteiger charge is -2.44. The molecule has 1 amide bonds. The van der Waals surface area contributed by atoms with Crippen LogP contribution in [0.1, 0.15) is 44.5 Å². The molecule has 1 heterocycles. The van der Waals surface area contributed by atoms with Crippen LogP contribution in [0.2, 0.25) is 18.1 Å². The largest absolute Gasteiger partial charge is 0.493 e. The normalized spacial score (nSPS) is 20.4. The molecule has 2 aromatic carbocycles. The van der Waals surface area contributed by atoms with E-state index in [1.54, 1.807) is 11.8 Å². The van der Waals surface area contributed by atoms with Crippen LogP contribution in [0.5, 0.6) is 11.5 Å². The van der Waals surface area contributed by atoms with Crippen molar-refractivity contribution in [2.24, 2.45) is 0 Å². The molecule has 0 bridgehead atoms. The van der Waals surface area contributed by atoms with E-state index in [4.69, 9.17) is 28.1 Å². The van der Waals surface area contributed by atoms with Gasteiger partial charge in [-0.15, -0.1) is 0 Å². The summed E-state index contributed by atoms with van der Waals surface area (Å²) >= 11 is 1.59. The first-order chi connectivity index (χ1) is 20.1. The molecule has 0 radical (unpaired) electrons. The van der Waals surface area contributed by atoms with Crippen LogP contribution in [0, 0.1) is 0 Å². The first kappa shape index (κ1) is 33.5. The number of carbonyl (C=O) groups excluding carboxylic acids is 2. The molecular weight excluding hydrogens is 574 g/mol. The Morgan fingerprint density at radius 3 is 2.21 bits per heavy atom. The smallest absolute Gasteiger partial charge is 0.340 e. The van der Waals surface area contributed by atoms with Gasteiger partial charge in [0.1, 0.15) is 17.6 Å². The molecule has 0 unspecified atom stereocenters. The number of esters is 1. The van der Waals surface area contributed by atoms with Crippen molar-refractivity contribution in [1.82, 2.24) is 0 Å². The van der Waals surface area contributed by atoms with Gasteiger partial charge in [-0.1, -0.05) is 57.3 Å². The molecule has 1 aliphatic rings. The molecule has 11 heteroatoms. The second-order valence-electron chi connectivity index (χ2n) is 10.0. The summed E-state index contributed by atoms with van der Waals surface area (Å²) in [6, 6.07) is 15.8. The highest BCUT2D eigenvalue weighted by molar-refractivity contribution is 7.99. The molecule has 42 heavy (non-hydrogen) atoms. The Kier molecular flexibility index (Phi) is 12.3. The number of methoxy groups -OCH3 is 3. The average molecular weight is 618 g/mol. The van der Waals surface area contributed by atoms with Gasteiger partial charge in [0.15, 0.2) is 25.6 Å². The molecule has 1 fully saturated rings. The van der Waals surface area contributed by atoms with Gasteiger partial charge in [0.05, 0.1) is 38.7 Å². The molecule has 1 N–H and O–H groups in total. The molecule has 0 spiro atoms. The van der Waals surface area contributed by atoms with E-state index < -0.39 is 32.4 Å². The monoisotopic (exact) mass is 617 g/mol. The Labute approximate surface area is 254 Å². The summed E-state index contributed by atoms with van der Waals surface area (Å²) in [6.07, 6.45) is -0.926. The van der Waals surface area contributed by atoms with E-state index in [2.05, 4.69) is 32.7 Å². The quantitative estimate of drug-likeness (QED) is 0.108. The Morgan fingerprint density at radius 1 is 1.02 bits per heavy atom. The standard InChI is InChI=1S/C31H43NO8SSi/c1-9-42(10-2,11-3)40-29-20(4)38-28(41-22-15-13-12-14-16-22)19-27(29)39-31(34)23-17-25(36-7)26(37-8)18-24(23)32-30(33)21(5)35-6/h12-18,20,27-29H,5,9-11,19H2,1-4,6-8H3,(H,32,33)/t20-,27-,28+,29+/m0/s1. The van der Waals surface area contributed by atoms with Crippen molar-refractivity contribution < 1.29 is 37.7 Å². The fraction of sp³-hybridized carbons (Fsp3) is 0.484. The van der Waals surface area contributed by atoms with E-state index in [0.29, 0.717) is 17.9 Å². The number of nitrogens with one attached hydrogen (secondary N) is 1. The van der Waals surface area contributed by atoms with Crippen LogP contribution in [0.15, 0.2) is 59.7 Å². The minimum atomic E-state index is -2.09. The van der Waals surface area contributed by atoms with Crippen LogP contribution in [0.25, 0.3) is 0 Å². The summed E-state index contributed by atoms with van der Waals surface area (Å²) in [5.74, 6) is -0.715. The number of hydrogen-bond donors (Lipinski definition) is 1. The van der Waals surface area contributed by atoms with Crippen molar-refractivity contribution in [2.45, 2.75) is 80.9 Å². The SMILES string of the molecule is C=C(OC)C(=O)Nc1cc(OC)c(OC)cc1C(=O)O[C@H]1C[C@@H](Sc2ccccc2)O[C@@H](C)[C@H]1O[Si](CC)(CC)CC. The zero-order chi connectivity index (χ0) is 30.9. The predicted molar refractivity (Wildman–Crippen MR) is 167 cm³/mol. The molecule has 1 aliphatic heterocycles. The van der Waals surface area contributed by atoms with Gasteiger partial charge < -0.3 is 33.4 Å². The number of rotatable bonds is 14. The van der Waals surface area contributed by atoms with E-state index in [-0.39, 0.29) is 28.5 Å². The molecule has 230 valence electrons. The highest BCUT2D eigenvalue weighted by atomic mass is 32.2. The summed E-state index contributed by atoms with van der Waals surface area (Å²) in [4.78, 5) is 27.6. The average Bonchev–Trinajstić information content (AvgIpc) is 3.00. The zero-order valence-corrected chi connectivity index (χ0v) is 27.4. The van der Waals surface area contributed by atoms with Gasteiger partial charge in [-0.3, -0.25) is 4.79 Å². The van der Waals surface area contributed by atoms with Crippen molar-refractivity contribution in [2.75, 3.05) is 26.6 Å². The van der Waals surface area contributed by atoms with E-state index in [1.807, 2.05) is 37.3 Å². The first-order valence-corrected chi connectivity index (χ1v) is 17.6. The van der Waals surface area contributed by atoms with Gasteiger partial charge in [0.2, 0.25) is 0 Å². The van der Waals surface area contributed by atoms with Gasteiger partial charge in [0.25, 0.3) is 5.91 Å². The maximum Gasteiger partial charge on any atom is 0.340 e. The van der Waals surface area contributed by atoms with Crippen LogP contribution >= 0.6 is 11.8 Å². The van der Waals surface area contributed by atoms with Crippen LogP contribution < -0.4 is 14.8 Å². The fourth-order valence-electron chi connectivity index (χ4n) is 4.94. The summed E-state index contributed by atoms with van der Waals surface area (Å²) in [5, 5.41) is 2.68. The minimum absolute atomic E-state index is 0.0973. The highest BCUT2D eigenvalue weighted by Gasteiger charge is 2.44. The maximum atomic E-state index is 13.9. The van der Waals surface area contributed by atoms with Gasteiger partial charge in [-0.25, -0.2) is 4.79 Å². The first-order valence-electron chi connectivity index (χ1n) is 14.2. The third kappa shape index (κ3) is 8.09. The Hall–Kier alpha value is -2.99. The van der Waals surface area contributed by atoms with Crippen molar-refractivity contribution in [3.8, 4) is 11.5 Å². The number of amides is 1. The topological polar surface area (TPSA) is 102 Å². The lowest BCUT2D eigenvalue weighted by Crippen LogP contribution is -2.54. The molecule has 0 aliphatic carbocycles. The predicted octanol–water partition coefficient (Wildman–Crippen LogP) is 6.65. The van der Waals surface area contributed by atoms with Crippen molar-refractivity contribution >= 4 is 37.6 Å². The Balaban J connectivity index is 1.98. The second-order valence-corrected chi connectivity index (χ2v) is 16.0. The lowest BCUT2D eigenvalue weighted by atomic mass is 10.0. The molecule has 2 aromatic rings. The number of anilines is 1. The highest BCUT2D eigenvalue weighted by Crippen LogP contribution is 2.39. The molecular formula is C31H43NO8SSi. The van der Waals surface area contributed by atoms with Gasteiger partial charge in [-0.05, 0) is 37.2 Å². The van der Waals surface area contributed by atoms with E-state index in [1.165, 1.54) is 33.5 Å². The zero-order valence-electron chi connectivity index (χ0n) is 25.6. The third-order valence-corrected chi connectivity index (χ3v) is 13.4. The molecule has 9 nitrogen and oxygen atoms in total. The lowest BCUT2D eigenvalue weighted by molar-refractivity contribution is -0.134. The maximum absolute atomic E-state index is 13.9. The van der Waals surface area contributed by atoms with Crippen molar-refractivity contribution in [3.05, 3.63) is 60.4 Å². The summed E-state index contributed by atoms with van der Waals surface area (Å²) in [7, 11) is 2.19. The molecule has 4 atom stereocenters. The van der Waals surface area contributed by atoms with E-state index >= 15 is 0 Å². The third-order valence-electron chi connectivity index (χ3n) is 7.70. The second kappa shape index (κ2) is 15.5. The molecule has 0 aromatic heterocycles.